The number of nitrogens with zero attached hydrogens (tertiary/aromatic N) is 1. The van der Waals surface area contributed by atoms with E-state index < -0.39 is 0 Å². The Bertz CT molecular complexity index is 1480. The van der Waals surface area contributed by atoms with Gasteiger partial charge in [0.15, 0.2) is 0 Å². The quantitative estimate of drug-likeness (QED) is 0.171. The van der Waals surface area contributed by atoms with Crippen LogP contribution in [-0.4, -0.2) is 4.98 Å². The van der Waals surface area contributed by atoms with Crippen molar-refractivity contribution >= 4 is 10.8 Å². The van der Waals surface area contributed by atoms with Crippen molar-refractivity contribution in [2.24, 2.45) is 11.8 Å². The van der Waals surface area contributed by atoms with E-state index in [2.05, 4.69) is 120 Å². The minimum Gasteiger partial charge on any atom is -0.261 e. The molecule has 0 unspecified atom stereocenters. The summed E-state index contributed by atoms with van der Waals surface area (Å²) >= 11 is 0. The largest absolute Gasteiger partial charge is 0.261 e. The van der Waals surface area contributed by atoms with Gasteiger partial charge in [-0.05, 0) is 72.1 Å². The van der Waals surface area contributed by atoms with E-state index in [9.17, 15) is 0 Å². The van der Waals surface area contributed by atoms with Crippen LogP contribution in [0.1, 0.15) is 330 Å². The van der Waals surface area contributed by atoms with Gasteiger partial charge in [0.05, 0.1) is 0 Å². The molecule has 0 radical (unpaired) electrons. The molecule has 502 valence electrons. The van der Waals surface area contributed by atoms with E-state index >= 15 is 0 Å². The summed E-state index contributed by atoms with van der Waals surface area (Å²) < 4.78 is 0. The van der Waals surface area contributed by atoms with Crippen LogP contribution >= 0.6 is 0 Å². The fourth-order valence-corrected chi connectivity index (χ4v) is 6.80. The van der Waals surface area contributed by atoms with Crippen molar-refractivity contribution in [2.45, 2.75) is 328 Å². The summed E-state index contributed by atoms with van der Waals surface area (Å²) in [5.74, 6) is 2.24. The van der Waals surface area contributed by atoms with Gasteiger partial charge in [0.1, 0.15) is 0 Å². The van der Waals surface area contributed by atoms with Crippen molar-refractivity contribution in [2.75, 3.05) is 0 Å². The molecule has 0 saturated heterocycles. The van der Waals surface area contributed by atoms with Gasteiger partial charge in [-0.3, -0.25) is 4.98 Å². The monoisotopic (exact) mass is 1180 g/mol. The summed E-state index contributed by atoms with van der Waals surface area (Å²) in [6, 6.07) is 53.8. The molecule has 0 aliphatic heterocycles. The first-order chi connectivity index (χ1) is 39.7. The Morgan fingerprint density at radius 2 is 0.488 bits per heavy atom. The van der Waals surface area contributed by atoms with Crippen molar-refractivity contribution in [3.8, 4) is 0 Å². The molecule has 5 aromatic carbocycles. The maximum atomic E-state index is 4.08. The molecule has 0 bridgehead atoms. The predicted molar refractivity (Wildman–Crippen MR) is 415 cm³/mol. The average molecular weight is 1180 g/mol. The summed E-state index contributed by atoms with van der Waals surface area (Å²) in [7, 11) is 0. The van der Waals surface area contributed by atoms with E-state index in [-0.39, 0.29) is 29.7 Å². The van der Waals surface area contributed by atoms with E-state index in [0.29, 0.717) is 0 Å². The number of hydrogen-bond acceptors (Lipinski definition) is 1. The van der Waals surface area contributed by atoms with Gasteiger partial charge in [0.2, 0.25) is 0 Å². The normalized spacial score (nSPS) is 9.52. The first-order valence-corrected chi connectivity index (χ1v) is 34.1. The molecule has 2 fully saturated rings. The van der Waals surface area contributed by atoms with Gasteiger partial charge in [-0.2, -0.15) is 0 Å². The van der Waals surface area contributed by atoms with Crippen molar-refractivity contribution in [3.63, 3.8) is 0 Å². The number of aryl methyl sites for hydroxylation is 2. The Hall–Kier alpha value is -4.49. The number of rotatable bonds is 4. The molecule has 0 atom stereocenters. The zero-order chi connectivity index (χ0) is 64.9. The van der Waals surface area contributed by atoms with Crippen LogP contribution in [0.25, 0.3) is 10.8 Å². The van der Waals surface area contributed by atoms with Crippen molar-refractivity contribution in [1.29, 1.82) is 0 Å². The molecule has 1 aromatic heterocycles. The molecule has 1 heteroatoms. The Morgan fingerprint density at radius 3 is 0.690 bits per heavy atom. The zero-order valence-electron chi connectivity index (χ0n) is 60.7. The van der Waals surface area contributed by atoms with Crippen LogP contribution < -0.4 is 0 Å². The van der Waals surface area contributed by atoms with Crippen LogP contribution in [0.15, 0.2) is 164 Å². The lowest BCUT2D eigenvalue weighted by Crippen LogP contribution is -2.14. The molecule has 0 spiro atoms. The lowest BCUT2D eigenvalue weighted by atomic mass is 9.78. The highest BCUT2D eigenvalue weighted by molar-refractivity contribution is 5.82. The first kappa shape index (κ1) is 122. The number of benzene rings is 5. The van der Waals surface area contributed by atoms with Crippen LogP contribution in [-0.2, 0) is 6.42 Å². The molecular formula is C83H165N. The average Bonchev–Trinajstić information content (AvgIpc) is 3.60. The smallest absolute Gasteiger partial charge is 0.0372 e. The van der Waals surface area contributed by atoms with E-state index in [1.54, 1.807) is 32.1 Å². The number of hydrogen-bond donors (Lipinski definition) is 0. The van der Waals surface area contributed by atoms with Crippen LogP contribution in [0.5, 0.6) is 0 Å². The molecule has 2 aliphatic carbocycles. The van der Waals surface area contributed by atoms with E-state index in [0.717, 1.165) is 24.0 Å². The van der Waals surface area contributed by atoms with Crippen LogP contribution in [0.4, 0.5) is 0 Å². The molecule has 1 nitrogen and oxygen atoms in total. The molecule has 2 aliphatic rings. The second-order valence-electron chi connectivity index (χ2n) is 13.9. The molecule has 0 N–H and O–H groups in total. The van der Waals surface area contributed by atoms with Crippen molar-refractivity contribution < 1.29 is 0 Å². The Balaban J connectivity index is -0.0000000441. The number of pyridine rings is 1. The molecular weight excluding hydrogens is 1010 g/mol. The maximum Gasteiger partial charge on any atom is 0.0372 e. The lowest BCUT2D eigenvalue weighted by molar-refractivity contribution is 0.244. The fourth-order valence-electron chi connectivity index (χ4n) is 6.80. The minimum atomic E-state index is 0. The number of fused-ring (bicyclic) bond motifs is 1. The fraction of sp³-hybridized carbons (Fsp3) is 0.602. The van der Waals surface area contributed by atoms with Crippen molar-refractivity contribution in [1.82, 2.24) is 4.98 Å². The molecule has 1 heterocycles. The van der Waals surface area contributed by atoms with E-state index in [1.165, 1.54) is 66.0 Å². The van der Waals surface area contributed by atoms with E-state index in [4.69, 9.17) is 0 Å². The molecule has 6 aromatic rings. The third kappa shape index (κ3) is 93.9. The third-order valence-electron chi connectivity index (χ3n) is 9.59. The van der Waals surface area contributed by atoms with Gasteiger partial charge in [0.25, 0.3) is 0 Å². The van der Waals surface area contributed by atoms with E-state index in [1.807, 2.05) is 270 Å². The number of aromatic nitrogens is 1. The van der Waals surface area contributed by atoms with Crippen LogP contribution in [0.2, 0.25) is 0 Å². The maximum absolute atomic E-state index is 4.08. The van der Waals surface area contributed by atoms with Gasteiger partial charge < -0.3 is 0 Å². The Labute approximate surface area is 539 Å². The van der Waals surface area contributed by atoms with Crippen molar-refractivity contribution in [3.05, 3.63) is 186 Å². The van der Waals surface area contributed by atoms with Gasteiger partial charge in [0, 0.05) is 11.9 Å². The molecule has 84 heavy (non-hydrogen) atoms. The predicted octanol–water partition coefficient (Wildman–Crippen LogP) is 32.0. The lowest BCUT2D eigenvalue weighted by Gasteiger charge is -2.28. The highest BCUT2D eigenvalue weighted by Gasteiger charge is 2.20. The topological polar surface area (TPSA) is 12.9 Å². The van der Waals surface area contributed by atoms with Gasteiger partial charge >= 0.3 is 0 Å². The summed E-state index contributed by atoms with van der Waals surface area (Å²) in [5.41, 5.74) is 5.04. The minimum absolute atomic E-state index is 0. The highest BCUT2D eigenvalue weighted by Crippen LogP contribution is 2.35. The zero-order valence-corrected chi connectivity index (χ0v) is 60.7. The molecule has 0 amide bonds. The Morgan fingerprint density at radius 1 is 0.274 bits per heavy atom. The summed E-state index contributed by atoms with van der Waals surface area (Å²) in [5, 5.41) is 2.62. The van der Waals surface area contributed by atoms with Crippen LogP contribution in [0.3, 0.4) is 0 Å². The summed E-state index contributed by atoms with van der Waals surface area (Å²) in [4.78, 5) is 4.08. The van der Waals surface area contributed by atoms with Gasteiger partial charge in [-0.25, -0.2) is 0 Å². The molecule has 2 saturated carbocycles. The third-order valence-corrected chi connectivity index (χ3v) is 9.59. The summed E-state index contributed by atoms with van der Waals surface area (Å²) in [6.07, 6.45) is 19.8. The van der Waals surface area contributed by atoms with Crippen LogP contribution in [0, 0.1) is 25.7 Å². The molecule has 8 rings (SSSR count). The summed E-state index contributed by atoms with van der Waals surface area (Å²) in [6.45, 7) is 64.0. The second kappa shape index (κ2) is 133. The highest BCUT2D eigenvalue weighted by atomic mass is 14.6. The SMILES string of the molecule is C.C.C.C.C1CCC(CC2CCCCC2)CC1.CC.CC.CC.CC.CC.CC.CC.CC.CC.CC.CC.CC.CC.CC.CC.Cc1ccc(C)nc1.c1ccc(Cc2ccccc2)cc1.c1ccc2ccccc2c1.c1ccccc1. The van der Waals surface area contributed by atoms with Gasteiger partial charge in [-0.1, -0.05) is 453 Å². The Kier molecular flexibility index (Phi) is 193. The second-order valence-corrected chi connectivity index (χ2v) is 13.9. The standard InChI is InChI=1S/C13H24.C13H12.C10H8.C7H9N.C6H6.15C2H6.4CH4/c2*1-3-7-12(8-4-1)11-13-9-5-2-6-10-13;1-2-6-10-8-4-3-7-9(10)5-1;1-6-3-4-7(2)8-5-6;1-2-4-6-5-3-1;15*1-2;;;;/h12-13H,1-11H2;1-10H,11H2;1-8H;3-5H,1-2H3;1-6H;15*1-2H3;4*1H4. The van der Waals surface area contributed by atoms with Gasteiger partial charge in [-0.15, -0.1) is 0 Å². The first-order valence-electron chi connectivity index (χ1n) is 34.1.